The fourth-order valence-corrected chi connectivity index (χ4v) is 2.81. The largest absolute Gasteiger partial charge is 0.342 e. The molecule has 7 heteroatoms. The Morgan fingerprint density at radius 1 is 1.28 bits per heavy atom. The van der Waals surface area contributed by atoms with E-state index >= 15 is 0 Å². The van der Waals surface area contributed by atoms with E-state index in [0.29, 0.717) is 19.5 Å². The lowest BCUT2D eigenvalue weighted by molar-refractivity contribution is -0.132. The van der Waals surface area contributed by atoms with Crippen molar-refractivity contribution in [3.63, 3.8) is 0 Å². The molecule has 0 saturated carbocycles. The number of rotatable bonds is 9. The van der Waals surface area contributed by atoms with Gasteiger partial charge in [0, 0.05) is 13.1 Å². The molecule has 0 aromatic heterocycles. The highest BCUT2D eigenvalue weighted by Gasteiger charge is 2.25. The number of likely N-dealkylation sites (N-methyl/N-ethyl adjacent to an activating group) is 1. The van der Waals surface area contributed by atoms with Crippen LogP contribution in [-0.4, -0.2) is 56.1 Å². The van der Waals surface area contributed by atoms with Gasteiger partial charge >= 0.3 is 0 Å². The number of thioether (sulfide) groups is 1. The minimum absolute atomic E-state index is 0.00566. The zero-order valence-corrected chi connectivity index (χ0v) is 13.2. The Labute approximate surface area is 115 Å². The van der Waals surface area contributed by atoms with Crippen LogP contribution in [0.1, 0.15) is 27.2 Å². The zero-order valence-electron chi connectivity index (χ0n) is 11.6. The molecule has 0 aliphatic carbocycles. The average molecular weight is 296 g/mol. The lowest BCUT2D eigenvalue weighted by atomic mass is 10.2. The van der Waals surface area contributed by atoms with Crippen LogP contribution in [0.15, 0.2) is 0 Å². The molecule has 1 unspecified atom stereocenters. The van der Waals surface area contributed by atoms with Gasteiger partial charge in [-0.3, -0.25) is 4.79 Å². The van der Waals surface area contributed by atoms with Gasteiger partial charge in [0.05, 0.1) is 5.75 Å². The summed E-state index contributed by atoms with van der Waals surface area (Å²) >= 11 is 1.60. The van der Waals surface area contributed by atoms with Crippen molar-refractivity contribution in [1.82, 2.24) is 9.62 Å². The Hall–Kier alpha value is -0.270. The van der Waals surface area contributed by atoms with Gasteiger partial charge in [-0.25, -0.2) is 13.1 Å². The standard InChI is InChI=1S/C11H24N2O3S2/c1-5-13(6-2)11(14)10(8-9-17-4)12-18(15,16)7-3/h10,12H,5-9H2,1-4H3. The van der Waals surface area contributed by atoms with Crippen LogP contribution in [0.4, 0.5) is 0 Å². The molecule has 0 saturated heterocycles. The van der Waals surface area contributed by atoms with Crippen molar-refractivity contribution in [1.29, 1.82) is 0 Å². The molecule has 0 aromatic carbocycles. The predicted octanol–water partition coefficient (Wildman–Crippen LogP) is 0.916. The van der Waals surface area contributed by atoms with Crippen molar-refractivity contribution in [2.24, 2.45) is 0 Å². The van der Waals surface area contributed by atoms with Gasteiger partial charge in [-0.1, -0.05) is 0 Å². The summed E-state index contributed by atoms with van der Waals surface area (Å²) in [6.45, 7) is 6.54. The van der Waals surface area contributed by atoms with Gasteiger partial charge in [0.15, 0.2) is 0 Å². The first-order chi connectivity index (χ1) is 8.41. The molecule has 0 bridgehead atoms. The van der Waals surface area contributed by atoms with Crippen LogP contribution in [0.5, 0.6) is 0 Å². The molecule has 0 fully saturated rings. The van der Waals surface area contributed by atoms with Gasteiger partial charge in [-0.05, 0) is 39.2 Å². The maximum Gasteiger partial charge on any atom is 0.240 e. The Morgan fingerprint density at radius 2 is 1.83 bits per heavy atom. The molecule has 0 aliphatic rings. The summed E-state index contributed by atoms with van der Waals surface area (Å²) in [6, 6.07) is -0.637. The number of nitrogens with one attached hydrogen (secondary N) is 1. The van der Waals surface area contributed by atoms with E-state index < -0.39 is 16.1 Å². The first kappa shape index (κ1) is 17.7. The van der Waals surface area contributed by atoms with Crippen LogP contribution in [0.25, 0.3) is 0 Å². The highest BCUT2D eigenvalue weighted by molar-refractivity contribution is 7.98. The first-order valence-corrected chi connectivity index (χ1v) is 9.24. The van der Waals surface area contributed by atoms with Gasteiger partial charge in [0.2, 0.25) is 15.9 Å². The molecule has 0 radical (unpaired) electrons. The van der Waals surface area contributed by atoms with Crippen LogP contribution in [-0.2, 0) is 14.8 Å². The highest BCUT2D eigenvalue weighted by atomic mass is 32.2. The molecule has 0 heterocycles. The second kappa shape index (κ2) is 8.77. The van der Waals surface area contributed by atoms with Gasteiger partial charge in [0.1, 0.15) is 6.04 Å². The monoisotopic (exact) mass is 296 g/mol. The molecule has 0 aromatic rings. The van der Waals surface area contributed by atoms with E-state index in [1.54, 1.807) is 23.6 Å². The number of carbonyl (C=O) groups excluding carboxylic acids is 1. The van der Waals surface area contributed by atoms with Crippen molar-refractivity contribution >= 4 is 27.7 Å². The predicted molar refractivity (Wildman–Crippen MR) is 77.3 cm³/mol. The molecule has 108 valence electrons. The van der Waals surface area contributed by atoms with Gasteiger partial charge in [-0.15, -0.1) is 0 Å². The SMILES string of the molecule is CCN(CC)C(=O)C(CCSC)NS(=O)(=O)CC. The Balaban J connectivity index is 4.81. The van der Waals surface area contributed by atoms with E-state index in [9.17, 15) is 13.2 Å². The fraction of sp³-hybridized carbons (Fsp3) is 0.909. The van der Waals surface area contributed by atoms with Crippen molar-refractivity contribution in [3.05, 3.63) is 0 Å². The molecule has 0 spiro atoms. The van der Waals surface area contributed by atoms with Crippen LogP contribution >= 0.6 is 11.8 Å². The number of hydrogen-bond donors (Lipinski definition) is 1. The molecule has 1 atom stereocenters. The number of sulfonamides is 1. The summed E-state index contributed by atoms with van der Waals surface area (Å²) in [5.41, 5.74) is 0. The van der Waals surface area contributed by atoms with E-state index in [0.717, 1.165) is 5.75 Å². The quantitative estimate of drug-likeness (QED) is 0.687. The van der Waals surface area contributed by atoms with E-state index in [-0.39, 0.29) is 11.7 Å². The third-order valence-electron chi connectivity index (χ3n) is 2.69. The summed E-state index contributed by atoms with van der Waals surface area (Å²) < 4.78 is 25.7. The van der Waals surface area contributed by atoms with E-state index in [1.807, 2.05) is 20.1 Å². The summed E-state index contributed by atoms with van der Waals surface area (Å²) in [4.78, 5) is 13.9. The molecular weight excluding hydrogens is 272 g/mol. The number of carbonyl (C=O) groups is 1. The Bertz CT molecular complexity index is 340. The van der Waals surface area contributed by atoms with Crippen LogP contribution in [0.3, 0.4) is 0 Å². The summed E-state index contributed by atoms with van der Waals surface area (Å²) in [5.74, 6) is 0.615. The van der Waals surface area contributed by atoms with Gasteiger partial charge < -0.3 is 4.90 Å². The Kier molecular flexibility index (Phi) is 8.64. The molecule has 5 nitrogen and oxygen atoms in total. The third kappa shape index (κ3) is 6.06. The van der Waals surface area contributed by atoms with Crippen molar-refractivity contribution in [3.8, 4) is 0 Å². The molecule has 1 amide bonds. The second-order valence-electron chi connectivity index (χ2n) is 3.87. The average Bonchev–Trinajstić information content (AvgIpc) is 2.35. The summed E-state index contributed by atoms with van der Waals surface area (Å²) in [7, 11) is -3.35. The summed E-state index contributed by atoms with van der Waals surface area (Å²) in [5, 5.41) is 0. The van der Waals surface area contributed by atoms with Crippen molar-refractivity contribution in [2.45, 2.75) is 33.2 Å². The van der Waals surface area contributed by atoms with Gasteiger partial charge in [0.25, 0.3) is 0 Å². The Morgan fingerprint density at radius 3 is 2.22 bits per heavy atom. The number of hydrogen-bond acceptors (Lipinski definition) is 4. The maximum absolute atomic E-state index is 12.2. The lowest BCUT2D eigenvalue weighted by Crippen LogP contribution is -2.49. The van der Waals surface area contributed by atoms with E-state index in [2.05, 4.69) is 4.72 Å². The van der Waals surface area contributed by atoms with Crippen LogP contribution in [0, 0.1) is 0 Å². The smallest absolute Gasteiger partial charge is 0.240 e. The molecule has 0 rings (SSSR count). The minimum atomic E-state index is -3.35. The normalized spacial score (nSPS) is 13.3. The molecule has 1 N–H and O–H groups in total. The lowest BCUT2D eigenvalue weighted by Gasteiger charge is -2.25. The fourth-order valence-electron chi connectivity index (χ4n) is 1.52. The van der Waals surface area contributed by atoms with Crippen molar-refractivity contribution in [2.75, 3.05) is 30.9 Å². The van der Waals surface area contributed by atoms with E-state index in [4.69, 9.17) is 0 Å². The maximum atomic E-state index is 12.2. The topological polar surface area (TPSA) is 66.5 Å². The summed E-state index contributed by atoms with van der Waals surface area (Å²) in [6.07, 6.45) is 2.46. The molecule has 18 heavy (non-hydrogen) atoms. The van der Waals surface area contributed by atoms with Gasteiger partial charge in [-0.2, -0.15) is 11.8 Å². The zero-order chi connectivity index (χ0) is 14.2. The highest BCUT2D eigenvalue weighted by Crippen LogP contribution is 2.06. The first-order valence-electron chi connectivity index (χ1n) is 6.19. The van der Waals surface area contributed by atoms with Crippen LogP contribution in [0.2, 0.25) is 0 Å². The molecule has 0 aliphatic heterocycles. The van der Waals surface area contributed by atoms with Crippen molar-refractivity contribution < 1.29 is 13.2 Å². The molecular formula is C11H24N2O3S2. The minimum Gasteiger partial charge on any atom is -0.342 e. The van der Waals surface area contributed by atoms with Crippen LogP contribution < -0.4 is 4.72 Å². The third-order valence-corrected chi connectivity index (χ3v) is 4.73. The number of nitrogens with zero attached hydrogens (tertiary/aromatic N) is 1. The van der Waals surface area contributed by atoms with E-state index in [1.165, 1.54) is 0 Å². The second-order valence-corrected chi connectivity index (χ2v) is 6.89. The number of amides is 1.